The van der Waals surface area contributed by atoms with Crippen molar-refractivity contribution in [2.24, 2.45) is 0 Å². The Kier molecular flexibility index (Phi) is 4.42. The molecule has 0 bridgehead atoms. The minimum absolute atomic E-state index is 0.0887. The molecular formula is C14H22N2O2. The Balaban J connectivity index is 2.37. The van der Waals surface area contributed by atoms with Crippen molar-refractivity contribution in [1.82, 2.24) is 4.68 Å². The fourth-order valence-electron chi connectivity index (χ4n) is 2.51. The maximum atomic E-state index is 12.2. The summed E-state index contributed by atoms with van der Waals surface area (Å²) in [6, 6.07) is 1.88. The van der Waals surface area contributed by atoms with Crippen LogP contribution in [-0.2, 0) is 19.4 Å². The molecule has 0 aliphatic heterocycles. The highest BCUT2D eigenvalue weighted by atomic mass is 16.3. The first-order valence-corrected chi connectivity index (χ1v) is 6.89. The predicted octanol–water partition coefficient (Wildman–Crippen LogP) is 1.56. The topological polar surface area (TPSA) is 54.3 Å². The average Bonchev–Trinajstić information content (AvgIpc) is 2.41. The van der Waals surface area contributed by atoms with Crippen LogP contribution in [0.2, 0.25) is 0 Å². The number of aliphatic hydroxyl groups is 1. The van der Waals surface area contributed by atoms with Gasteiger partial charge >= 0.3 is 0 Å². The number of hydrogen-bond donors (Lipinski definition) is 2. The van der Waals surface area contributed by atoms with E-state index in [1.165, 1.54) is 12.0 Å². The standard InChI is InChI=1S/C14H22N2O2/c1-2-3-8-15-16-13-7-5-4-6-11(13)9-12(10-17)14(16)18/h9,15,17H,2-8,10H2,1H3. The van der Waals surface area contributed by atoms with Crippen LogP contribution in [0.3, 0.4) is 0 Å². The van der Waals surface area contributed by atoms with Gasteiger partial charge in [0.15, 0.2) is 0 Å². The lowest BCUT2D eigenvalue weighted by Gasteiger charge is -2.22. The van der Waals surface area contributed by atoms with E-state index >= 15 is 0 Å². The Labute approximate surface area is 108 Å². The molecule has 1 heterocycles. The molecule has 1 aromatic rings. The van der Waals surface area contributed by atoms with Gasteiger partial charge in [-0.2, -0.15) is 0 Å². The van der Waals surface area contributed by atoms with Crippen molar-refractivity contribution in [2.45, 2.75) is 52.1 Å². The van der Waals surface area contributed by atoms with Crippen LogP contribution in [-0.4, -0.2) is 16.3 Å². The lowest BCUT2D eigenvalue weighted by Crippen LogP contribution is -2.36. The van der Waals surface area contributed by atoms with Crippen LogP contribution in [0.5, 0.6) is 0 Å². The number of rotatable bonds is 5. The first-order valence-electron chi connectivity index (χ1n) is 6.89. The molecule has 0 amide bonds. The molecule has 1 aliphatic carbocycles. The molecule has 1 aliphatic rings. The minimum atomic E-state index is -0.179. The summed E-state index contributed by atoms with van der Waals surface area (Å²) in [5.41, 5.74) is 5.95. The van der Waals surface area contributed by atoms with Gasteiger partial charge in [-0.05, 0) is 43.7 Å². The van der Waals surface area contributed by atoms with E-state index in [2.05, 4.69) is 12.3 Å². The third-order valence-corrected chi connectivity index (χ3v) is 3.55. The van der Waals surface area contributed by atoms with E-state index in [9.17, 15) is 9.90 Å². The molecular weight excluding hydrogens is 228 g/mol. The molecule has 0 radical (unpaired) electrons. The summed E-state index contributed by atoms with van der Waals surface area (Å²) in [4.78, 5) is 12.2. The highest BCUT2D eigenvalue weighted by molar-refractivity contribution is 5.29. The second kappa shape index (κ2) is 6.05. The molecule has 0 unspecified atom stereocenters. The quantitative estimate of drug-likeness (QED) is 0.780. The molecule has 0 atom stereocenters. The number of unbranched alkanes of at least 4 members (excludes halogenated alkanes) is 1. The van der Waals surface area contributed by atoms with Gasteiger partial charge in [-0.1, -0.05) is 13.3 Å². The van der Waals surface area contributed by atoms with Gasteiger partial charge in [-0.15, -0.1) is 0 Å². The fourth-order valence-corrected chi connectivity index (χ4v) is 2.51. The number of aliphatic hydroxyl groups excluding tert-OH is 1. The van der Waals surface area contributed by atoms with Crippen molar-refractivity contribution in [3.63, 3.8) is 0 Å². The minimum Gasteiger partial charge on any atom is -0.391 e. The number of nitrogens with one attached hydrogen (secondary N) is 1. The molecule has 2 rings (SSSR count). The van der Waals surface area contributed by atoms with Crippen molar-refractivity contribution in [3.05, 3.63) is 33.2 Å². The van der Waals surface area contributed by atoms with Crippen LogP contribution < -0.4 is 11.0 Å². The molecule has 4 heteroatoms. The number of pyridine rings is 1. The molecule has 0 spiro atoms. The van der Waals surface area contributed by atoms with E-state index in [0.717, 1.165) is 44.3 Å². The first kappa shape index (κ1) is 13.1. The third-order valence-electron chi connectivity index (χ3n) is 3.55. The van der Waals surface area contributed by atoms with E-state index in [0.29, 0.717) is 5.56 Å². The summed E-state index contributed by atoms with van der Waals surface area (Å²) in [5.74, 6) is 0. The van der Waals surface area contributed by atoms with Crippen molar-refractivity contribution >= 4 is 0 Å². The SMILES string of the molecule is CCCCNn1c2c(cc(CO)c1=O)CCCC2. The average molecular weight is 250 g/mol. The zero-order valence-electron chi connectivity index (χ0n) is 11.0. The number of fused-ring (bicyclic) bond motifs is 1. The van der Waals surface area contributed by atoms with Crippen molar-refractivity contribution < 1.29 is 5.11 Å². The van der Waals surface area contributed by atoms with Gasteiger partial charge < -0.3 is 10.5 Å². The van der Waals surface area contributed by atoms with Crippen LogP contribution in [0.15, 0.2) is 10.9 Å². The highest BCUT2D eigenvalue weighted by Gasteiger charge is 2.17. The van der Waals surface area contributed by atoms with Gasteiger partial charge in [0.1, 0.15) is 0 Å². The van der Waals surface area contributed by atoms with Crippen LogP contribution in [0.1, 0.15) is 49.4 Å². The Hall–Kier alpha value is -1.29. The van der Waals surface area contributed by atoms with Crippen LogP contribution >= 0.6 is 0 Å². The van der Waals surface area contributed by atoms with Crippen LogP contribution in [0.4, 0.5) is 0 Å². The smallest absolute Gasteiger partial charge is 0.274 e. The Morgan fingerprint density at radius 3 is 2.89 bits per heavy atom. The summed E-state index contributed by atoms with van der Waals surface area (Å²) in [6.45, 7) is 2.75. The van der Waals surface area contributed by atoms with E-state index in [-0.39, 0.29) is 12.2 Å². The van der Waals surface area contributed by atoms with Gasteiger partial charge in [0.2, 0.25) is 0 Å². The van der Waals surface area contributed by atoms with Crippen LogP contribution in [0, 0.1) is 0 Å². The number of nitrogens with zero attached hydrogens (tertiary/aromatic N) is 1. The summed E-state index contributed by atoms with van der Waals surface area (Å²) < 4.78 is 1.68. The summed E-state index contributed by atoms with van der Waals surface area (Å²) in [7, 11) is 0. The number of aryl methyl sites for hydroxylation is 1. The van der Waals surface area contributed by atoms with E-state index < -0.39 is 0 Å². The number of hydrogen-bond acceptors (Lipinski definition) is 3. The summed E-state index contributed by atoms with van der Waals surface area (Å²) >= 11 is 0. The van der Waals surface area contributed by atoms with Gasteiger partial charge in [-0.3, -0.25) is 4.79 Å². The van der Waals surface area contributed by atoms with Gasteiger partial charge in [0.25, 0.3) is 5.56 Å². The maximum absolute atomic E-state index is 12.2. The molecule has 0 aromatic carbocycles. The summed E-state index contributed by atoms with van der Waals surface area (Å²) in [6.07, 6.45) is 6.42. The van der Waals surface area contributed by atoms with Crippen molar-refractivity contribution in [1.29, 1.82) is 0 Å². The molecule has 2 N–H and O–H groups in total. The van der Waals surface area contributed by atoms with E-state index in [4.69, 9.17) is 0 Å². The lowest BCUT2D eigenvalue weighted by atomic mass is 9.95. The van der Waals surface area contributed by atoms with Gasteiger partial charge in [0.05, 0.1) is 6.61 Å². The predicted molar refractivity (Wildman–Crippen MR) is 72.4 cm³/mol. The summed E-state index contributed by atoms with van der Waals surface area (Å²) in [5, 5.41) is 9.27. The molecule has 0 saturated carbocycles. The first-order chi connectivity index (χ1) is 8.77. The maximum Gasteiger partial charge on any atom is 0.274 e. The van der Waals surface area contributed by atoms with Crippen LogP contribution in [0.25, 0.3) is 0 Å². The second-order valence-corrected chi connectivity index (χ2v) is 4.91. The monoisotopic (exact) mass is 250 g/mol. The van der Waals surface area contributed by atoms with E-state index in [1.54, 1.807) is 4.68 Å². The largest absolute Gasteiger partial charge is 0.391 e. The zero-order chi connectivity index (χ0) is 13.0. The molecule has 18 heavy (non-hydrogen) atoms. The molecule has 0 fully saturated rings. The fraction of sp³-hybridized carbons (Fsp3) is 0.643. The van der Waals surface area contributed by atoms with Gasteiger partial charge in [0, 0.05) is 17.8 Å². The third kappa shape index (κ3) is 2.58. The zero-order valence-corrected chi connectivity index (χ0v) is 11.0. The Bertz CT molecular complexity index is 466. The van der Waals surface area contributed by atoms with Crippen molar-refractivity contribution in [2.75, 3.05) is 12.0 Å². The second-order valence-electron chi connectivity index (χ2n) is 4.91. The molecule has 100 valence electrons. The van der Waals surface area contributed by atoms with E-state index in [1.807, 2.05) is 6.07 Å². The molecule has 1 aromatic heterocycles. The molecule has 4 nitrogen and oxygen atoms in total. The number of aromatic nitrogens is 1. The van der Waals surface area contributed by atoms with Gasteiger partial charge in [-0.25, -0.2) is 4.68 Å². The lowest BCUT2D eigenvalue weighted by molar-refractivity contribution is 0.279. The van der Waals surface area contributed by atoms with Crippen molar-refractivity contribution in [3.8, 4) is 0 Å². The highest BCUT2D eigenvalue weighted by Crippen LogP contribution is 2.20. The normalized spacial score (nSPS) is 14.3. The Morgan fingerprint density at radius 1 is 1.39 bits per heavy atom. The Morgan fingerprint density at radius 2 is 2.17 bits per heavy atom. The molecule has 0 saturated heterocycles.